The quantitative estimate of drug-likeness (QED) is 0.452. The van der Waals surface area contributed by atoms with Gasteiger partial charge in [-0.1, -0.05) is 0 Å². The van der Waals surface area contributed by atoms with Crippen molar-refractivity contribution in [1.82, 2.24) is 0 Å². The predicted octanol–water partition coefficient (Wildman–Crippen LogP) is -3.43. The molecule has 0 radical (unpaired) electrons. The normalized spacial score (nSPS) is 11.5. The van der Waals surface area contributed by atoms with Gasteiger partial charge in [-0.25, -0.2) is 36.6 Å². The highest BCUT2D eigenvalue weighted by molar-refractivity contribution is 7.89. The Hall–Kier alpha value is -2.19. The molecule has 0 aliphatic rings. The van der Waals surface area contributed by atoms with E-state index in [2.05, 4.69) is 5.32 Å². The van der Waals surface area contributed by atoms with Crippen LogP contribution < -0.4 is 33.7 Å². The number of carbonyl (C=O) groups is 1. The van der Waals surface area contributed by atoms with Crippen LogP contribution >= 0.6 is 0 Å². The Bertz CT molecular complexity index is 981. The smallest absolute Gasteiger partial charge is 0.290 e. The van der Waals surface area contributed by atoms with Gasteiger partial charge in [0, 0.05) is 26.0 Å². The van der Waals surface area contributed by atoms with Gasteiger partial charge in [0.15, 0.2) is 11.4 Å². The molecule has 1 amide bonds. The van der Waals surface area contributed by atoms with E-state index in [-0.39, 0.29) is 17.1 Å². The Morgan fingerprint density at radius 3 is 2.00 bits per heavy atom. The molecule has 29 heavy (non-hydrogen) atoms. The maximum atomic E-state index is 13.9. The lowest BCUT2D eigenvalue weighted by atomic mass is 10.2. The van der Waals surface area contributed by atoms with Crippen LogP contribution in [0.5, 0.6) is 0 Å². The van der Waals surface area contributed by atoms with Gasteiger partial charge >= 0.3 is 0 Å². The highest BCUT2D eigenvalue weighted by Gasteiger charge is 2.18. The number of hydrogen-bond acceptors (Lipinski definition) is 7. The second-order valence-corrected chi connectivity index (χ2v) is 8.33. The lowest BCUT2D eigenvalue weighted by Gasteiger charge is -2.17. The van der Waals surface area contributed by atoms with Gasteiger partial charge in [0.2, 0.25) is 16.6 Å². The number of primary sulfonamides is 1. The average Bonchev–Trinajstić information content (AvgIpc) is 2.50. The summed E-state index contributed by atoms with van der Waals surface area (Å²) in [5.41, 5.74) is 2.81. The fraction of sp³-hybridized carbons (Fsp3) is 0.250. The van der Waals surface area contributed by atoms with Gasteiger partial charge in [0.25, 0.3) is 5.91 Å². The number of amides is 1. The first-order valence-electron chi connectivity index (χ1n) is 7.79. The summed E-state index contributed by atoms with van der Waals surface area (Å²) in [5, 5.41) is 7.38. The minimum absolute atomic E-state index is 0.0221. The molecule has 2 aromatic rings. The van der Waals surface area contributed by atoms with Crippen LogP contribution in [0.3, 0.4) is 0 Å². The second-order valence-electron chi connectivity index (χ2n) is 6.01. The van der Waals surface area contributed by atoms with Crippen LogP contribution in [0.1, 0.15) is 17.0 Å². The number of carbonyl (C=O) groups excluding carboxylic acids is 1. The third-order valence-electron chi connectivity index (χ3n) is 3.57. The van der Waals surface area contributed by atoms with Crippen molar-refractivity contribution in [3.8, 4) is 0 Å². The van der Waals surface area contributed by atoms with Crippen LogP contribution in [0.25, 0.3) is 0 Å². The van der Waals surface area contributed by atoms with Crippen molar-refractivity contribution in [2.45, 2.75) is 32.2 Å². The summed E-state index contributed by atoms with van der Waals surface area (Å²) in [7, 11) is -8.94. The van der Waals surface area contributed by atoms with Crippen LogP contribution in [-0.2, 0) is 21.4 Å². The minimum atomic E-state index is -4.94. The molecule has 13 heteroatoms. The summed E-state index contributed by atoms with van der Waals surface area (Å²) in [5.74, 6) is -1.28. The zero-order valence-corrected chi connectivity index (χ0v) is 17.2. The molecule has 2 rings (SSSR count). The van der Waals surface area contributed by atoms with Crippen LogP contribution in [-0.4, -0.2) is 14.3 Å². The number of benzene rings is 1. The van der Waals surface area contributed by atoms with Crippen molar-refractivity contribution in [3.63, 3.8) is 0 Å². The van der Waals surface area contributed by atoms with E-state index in [9.17, 15) is 17.6 Å². The van der Waals surface area contributed by atoms with E-state index in [1.54, 1.807) is 4.57 Å². The van der Waals surface area contributed by atoms with Crippen molar-refractivity contribution < 1.29 is 51.0 Å². The Kier molecular flexibility index (Phi) is 8.17. The zero-order valence-electron chi connectivity index (χ0n) is 15.6. The second kappa shape index (κ2) is 9.54. The number of aromatic nitrogens is 1. The van der Waals surface area contributed by atoms with E-state index < -0.39 is 32.0 Å². The molecule has 0 spiro atoms. The molecule has 0 fully saturated rings. The topological polar surface area (TPSA) is 185 Å². The molecular formula is C16H19ClFN3O7S. The molecular weight excluding hydrogens is 433 g/mol. The summed E-state index contributed by atoms with van der Waals surface area (Å²) in [6.07, 6.45) is 0. The maximum Gasteiger partial charge on any atom is 0.290 e. The van der Waals surface area contributed by atoms with Gasteiger partial charge in [0.1, 0.15) is 5.82 Å². The average molecular weight is 452 g/mol. The van der Waals surface area contributed by atoms with Crippen LogP contribution in [0.2, 0.25) is 0 Å². The van der Waals surface area contributed by atoms with Crippen molar-refractivity contribution in [3.05, 3.63) is 53.1 Å². The molecule has 1 aromatic carbocycles. The molecule has 160 valence electrons. The highest BCUT2D eigenvalue weighted by Crippen LogP contribution is 2.18. The van der Waals surface area contributed by atoms with Gasteiger partial charge in [-0.3, -0.25) is 4.79 Å². The number of sulfonamides is 1. The van der Waals surface area contributed by atoms with Gasteiger partial charge < -0.3 is 5.32 Å². The van der Waals surface area contributed by atoms with Crippen molar-refractivity contribution in [2.75, 3.05) is 5.32 Å². The van der Waals surface area contributed by atoms with Gasteiger partial charge in [-0.2, -0.15) is 4.57 Å². The molecule has 1 heterocycles. The third-order valence-corrected chi connectivity index (χ3v) is 4.48. The van der Waals surface area contributed by atoms with Crippen LogP contribution in [0, 0.1) is 36.8 Å². The fourth-order valence-electron chi connectivity index (χ4n) is 2.49. The summed E-state index contributed by atoms with van der Waals surface area (Å²) < 4.78 is 72.1. The van der Waals surface area contributed by atoms with Crippen molar-refractivity contribution in [1.29, 1.82) is 0 Å². The molecule has 0 unspecified atom stereocenters. The van der Waals surface area contributed by atoms with Gasteiger partial charge in [-0.15, -0.1) is 10.2 Å². The zero-order chi connectivity index (χ0) is 22.6. The summed E-state index contributed by atoms with van der Waals surface area (Å²) in [4.78, 5) is 11.8. The summed E-state index contributed by atoms with van der Waals surface area (Å²) >= 11 is 0. The Balaban J connectivity index is 0.000000749. The van der Waals surface area contributed by atoms with E-state index in [1.165, 1.54) is 6.07 Å². The standard InChI is InChI=1S/C16H18FN3O3S.ClHO4/c1-10-6-11(2)20(12(3)7-10)9-16(21)19-15-5-4-13(8-14(15)17)24(18,22)23;2-1(3,4)5/h4-8H,9H2,1-3H3,(H2-,18,19,21,22,23);(H,2,3,4,5). The molecule has 1 aromatic heterocycles. The number of anilines is 1. The summed E-state index contributed by atoms with van der Waals surface area (Å²) in [6.45, 7) is 5.75. The van der Waals surface area contributed by atoms with E-state index in [0.29, 0.717) is 0 Å². The Morgan fingerprint density at radius 1 is 1.10 bits per heavy atom. The number of hydrogen-bond donors (Lipinski definition) is 2. The van der Waals surface area contributed by atoms with Crippen molar-refractivity contribution >= 4 is 21.6 Å². The maximum absolute atomic E-state index is 13.9. The Labute approximate surface area is 168 Å². The molecule has 3 N–H and O–H groups in total. The minimum Gasteiger partial charge on any atom is -0.318 e. The summed E-state index contributed by atoms with van der Waals surface area (Å²) in [6, 6.07) is 6.99. The molecule has 0 atom stereocenters. The van der Waals surface area contributed by atoms with E-state index >= 15 is 0 Å². The van der Waals surface area contributed by atoms with E-state index in [1.807, 2.05) is 32.9 Å². The predicted molar refractivity (Wildman–Crippen MR) is 87.3 cm³/mol. The van der Waals surface area contributed by atoms with Crippen LogP contribution in [0.15, 0.2) is 35.2 Å². The SMILES string of the molecule is Cc1cc(C)[n+](CC(=O)Nc2ccc(S(N)(=O)=O)cc2F)c(C)c1.[O-][Cl+3]([O-])([O-])[O-]. The number of pyridine rings is 1. The van der Waals surface area contributed by atoms with E-state index in [0.717, 1.165) is 29.1 Å². The molecule has 0 saturated heterocycles. The largest absolute Gasteiger partial charge is 0.318 e. The number of nitrogens with one attached hydrogen (secondary N) is 1. The number of nitrogens with two attached hydrogens (primary N) is 1. The first kappa shape index (κ1) is 24.8. The number of rotatable bonds is 4. The van der Waals surface area contributed by atoms with Crippen LogP contribution in [0.4, 0.5) is 10.1 Å². The van der Waals surface area contributed by atoms with Crippen molar-refractivity contribution in [2.24, 2.45) is 5.14 Å². The van der Waals surface area contributed by atoms with Gasteiger partial charge in [-0.05, 0) is 30.7 Å². The number of aryl methyl sites for hydroxylation is 3. The molecule has 0 aliphatic carbocycles. The third kappa shape index (κ3) is 8.79. The lowest BCUT2D eigenvalue weighted by Crippen LogP contribution is -2.68. The first-order valence-corrected chi connectivity index (χ1v) is 10.6. The fourth-order valence-corrected chi connectivity index (χ4v) is 3.02. The molecule has 0 saturated carbocycles. The lowest BCUT2D eigenvalue weighted by molar-refractivity contribution is -2.00. The molecule has 0 bridgehead atoms. The molecule has 10 nitrogen and oxygen atoms in total. The van der Waals surface area contributed by atoms with E-state index in [4.69, 9.17) is 23.8 Å². The highest BCUT2D eigenvalue weighted by atomic mass is 35.7. The number of halogens is 2. The monoisotopic (exact) mass is 451 g/mol. The number of nitrogens with zero attached hydrogens (tertiary/aromatic N) is 1. The Morgan fingerprint density at radius 2 is 1.59 bits per heavy atom. The first-order chi connectivity index (χ1) is 13.1. The van der Waals surface area contributed by atoms with Gasteiger partial charge in [0.05, 0.1) is 10.6 Å². The molecule has 0 aliphatic heterocycles.